The molecule has 2 heterocycles. The number of nitrogens with two attached hydrogens (primary N) is 1. The lowest BCUT2D eigenvalue weighted by molar-refractivity contribution is 0.0997. The molecule has 1 fully saturated rings. The van der Waals surface area contributed by atoms with E-state index < -0.39 is 5.91 Å². The van der Waals surface area contributed by atoms with Crippen LogP contribution in [0.25, 0.3) is 10.7 Å². The number of nitrogens with zero attached hydrogens (tertiary/aromatic N) is 3. The van der Waals surface area contributed by atoms with E-state index in [0.717, 1.165) is 34.7 Å². The van der Waals surface area contributed by atoms with E-state index in [1.807, 2.05) is 12.1 Å². The fourth-order valence-corrected chi connectivity index (χ4v) is 4.86. The van der Waals surface area contributed by atoms with Crippen LogP contribution >= 0.6 is 11.3 Å². The number of aryl methyl sites for hydroxylation is 2. The molecule has 156 valence electrons. The van der Waals surface area contributed by atoms with Crippen molar-refractivity contribution in [2.24, 2.45) is 5.73 Å². The van der Waals surface area contributed by atoms with Gasteiger partial charge in [-0.2, -0.15) is 0 Å². The lowest BCUT2D eigenvalue weighted by Gasteiger charge is -2.23. The summed E-state index contributed by atoms with van der Waals surface area (Å²) in [6.45, 7) is 4.11. The van der Waals surface area contributed by atoms with Gasteiger partial charge in [-0.15, -0.1) is 0 Å². The molecule has 0 aliphatic heterocycles. The zero-order chi connectivity index (χ0) is 21.1. The van der Waals surface area contributed by atoms with Crippen molar-refractivity contribution >= 4 is 33.9 Å². The van der Waals surface area contributed by atoms with Crippen LogP contribution in [0.3, 0.4) is 0 Å². The first-order chi connectivity index (χ1) is 14.5. The molecule has 0 radical (unpaired) electrons. The fourth-order valence-electron chi connectivity index (χ4n) is 3.84. The Kier molecular flexibility index (Phi) is 5.94. The topological polar surface area (TPSA) is 106 Å². The minimum atomic E-state index is -0.529. The quantitative estimate of drug-likeness (QED) is 0.527. The van der Waals surface area contributed by atoms with Crippen molar-refractivity contribution in [1.82, 2.24) is 15.0 Å². The van der Waals surface area contributed by atoms with Gasteiger partial charge < -0.3 is 16.4 Å². The van der Waals surface area contributed by atoms with Gasteiger partial charge in [0.15, 0.2) is 5.69 Å². The second kappa shape index (κ2) is 8.79. The molecule has 2 aromatic heterocycles. The number of rotatable bonds is 6. The Labute approximate surface area is 180 Å². The second-order valence-corrected chi connectivity index (χ2v) is 8.81. The molecule has 0 atom stereocenters. The van der Waals surface area contributed by atoms with Crippen molar-refractivity contribution < 1.29 is 4.79 Å². The lowest BCUT2D eigenvalue weighted by atomic mass is 9.96. The monoisotopic (exact) mass is 422 g/mol. The smallest absolute Gasteiger partial charge is 0.270 e. The van der Waals surface area contributed by atoms with Crippen LogP contribution in [0.5, 0.6) is 0 Å². The van der Waals surface area contributed by atoms with Gasteiger partial charge in [-0.3, -0.25) is 4.79 Å². The molecule has 4 rings (SSSR count). The number of amides is 1. The van der Waals surface area contributed by atoms with E-state index in [-0.39, 0.29) is 5.69 Å². The molecule has 0 saturated heterocycles. The zero-order valence-electron chi connectivity index (χ0n) is 17.2. The number of primary amides is 1. The van der Waals surface area contributed by atoms with Crippen molar-refractivity contribution in [2.75, 3.05) is 10.6 Å². The maximum atomic E-state index is 12.0. The highest BCUT2D eigenvalue weighted by atomic mass is 32.1. The van der Waals surface area contributed by atoms with Gasteiger partial charge in [0.25, 0.3) is 5.91 Å². The van der Waals surface area contributed by atoms with Crippen LogP contribution in [0, 0.1) is 13.8 Å². The van der Waals surface area contributed by atoms with Crippen molar-refractivity contribution in [3.05, 3.63) is 47.3 Å². The van der Waals surface area contributed by atoms with Gasteiger partial charge in [0.2, 0.25) is 5.95 Å². The Morgan fingerprint density at radius 2 is 1.83 bits per heavy atom. The molecule has 3 aromatic rings. The highest BCUT2D eigenvalue weighted by molar-refractivity contribution is 7.19. The summed E-state index contributed by atoms with van der Waals surface area (Å²) < 4.78 is 0. The maximum absolute atomic E-state index is 12.0. The number of hydrogen-bond acceptors (Lipinski definition) is 7. The van der Waals surface area contributed by atoms with Crippen LogP contribution < -0.4 is 16.4 Å². The predicted octanol–water partition coefficient (Wildman–Crippen LogP) is 4.80. The third kappa shape index (κ3) is 4.76. The number of nitrogens with one attached hydrogen (secondary N) is 2. The number of hydrogen-bond donors (Lipinski definition) is 3. The summed E-state index contributed by atoms with van der Waals surface area (Å²) in [5.41, 5.74) is 9.79. The Morgan fingerprint density at radius 1 is 1.10 bits per heavy atom. The van der Waals surface area contributed by atoms with Crippen molar-refractivity contribution in [3.63, 3.8) is 0 Å². The number of anilines is 3. The van der Waals surface area contributed by atoms with Gasteiger partial charge in [0.1, 0.15) is 15.7 Å². The first-order valence-corrected chi connectivity index (χ1v) is 11.1. The molecule has 1 aliphatic carbocycles. The van der Waals surface area contributed by atoms with Gasteiger partial charge in [0, 0.05) is 17.9 Å². The molecule has 30 heavy (non-hydrogen) atoms. The highest BCUT2D eigenvalue weighted by Crippen LogP contribution is 2.33. The van der Waals surface area contributed by atoms with Crippen LogP contribution in [-0.4, -0.2) is 26.9 Å². The van der Waals surface area contributed by atoms with Gasteiger partial charge in [-0.05, 0) is 56.0 Å². The van der Waals surface area contributed by atoms with Crippen molar-refractivity contribution in [2.45, 2.75) is 52.0 Å². The van der Waals surface area contributed by atoms with Crippen LogP contribution in [0.1, 0.15) is 53.7 Å². The van der Waals surface area contributed by atoms with Gasteiger partial charge >= 0.3 is 0 Å². The molecular weight excluding hydrogens is 396 g/mol. The van der Waals surface area contributed by atoms with E-state index in [4.69, 9.17) is 5.73 Å². The largest absolute Gasteiger partial charge is 0.372 e. The van der Waals surface area contributed by atoms with Gasteiger partial charge in [-0.1, -0.05) is 36.7 Å². The van der Waals surface area contributed by atoms with Gasteiger partial charge in [-0.25, -0.2) is 15.0 Å². The van der Waals surface area contributed by atoms with Crippen molar-refractivity contribution in [3.8, 4) is 10.7 Å². The summed E-state index contributed by atoms with van der Waals surface area (Å²) in [5.74, 6) is -0.0476. The van der Waals surface area contributed by atoms with E-state index in [1.165, 1.54) is 30.6 Å². The summed E-state index contributed by atoms with van der Waals surface area (Å²) in [6, 6.07) is 8.36. The third-order valence-corrected chi connectivity index (χ3v) is 6.16. The molecule has 1 amide bonds. The summed E-state index contributed by atoms with van der Waals surface area (Å²) in [4.78, 5) is 25.4. The van der Waals surface area contributed by atoms with Crippen LogP contribution in [0.4, 0.5) is 16.6 Å². The lowest BCUT2D eigenvalue weighted by Crippen LogP contribution is -2.23. The van der Waals surface area contributed by atoms with Gasteiger partial charge in [0.05, 0.1) is 0 Å². The summed E-state index contributed by atoms with van der Waals surface area (Å²) in [6.07, 6.45) is 7.56. The van der Waals surface area contributed by atoms with E-state index in [1.54, 1.807) is 12.3 Å². The molecule has 1 saturated carbocycles. The number of aromatic nitrogens is 3. The minimum Gasteiger partial charge on any atom is -0.372 e. The predicted molar refractivity (Wildman–Crippen MR) is 121 cm³/mol. The molecule has 0 unspecified atom stereocenters. The molecule has 0 bridgehead atoms. The zero-order valence-corrected chi connectivity index (χ0v) is 18.1. The summed E-state index contributed by atoms with van der Waals surface area (Å²) >= 11 is 1.41. The first-order valence-electron chi connectivity index (χ1n) is 10.2. The highest BCUT2D eigenvalue weighted by Gasteiger charge is 2.21. The molecule has 0 spiro atoms. The van der Waals surface area contributed by atoms with E-state index in [0.29, 0.717) is 22.7 Å². The Morgan fingerprint density at radius 3 is 2.53 bits per heavy atom. The Hall–Kier alpha value is -3.00. The van der Waals surface area contributed by atoms with Crippen LogP contribution in [0.15, 0.2) is 30.5 Å². The normalized spacial score (nSPS) is 14.5. The average Bonchev–Trinajstić information content (AvgIpc) is 3.12. The first kappa shape index (κ1) is 20.3. The molecule has 7 nitrogen and oxygen atoms in total. The number of benzene rings is 1. The molecule has 8 heteroatoms. The Balaban J connectivity index is 1.59. The average molecular weight is 423 g/mol. The van der Waals surface area contributed by atoms with E-state index >= 15 is 0 Å². The van der Waals surface area contributed by atoms with E-state index in [9.17, 15) is 4.79 Å². The van der Waals surface area contributed by atoms with Crippen LogP contribution in [0.2, 0.25) is 0 Å². The number of thiazole rings is 1. The standard InChI is InChI=1S/C22H26N6OS/c1-13-10-14(2)12-16(11-13)26-22-24-9-8-17(27-22)20-28-18(19(23)29)21(30-20)25-15-6-4-3-5-7-15/h8-12,15,25H,3-7H2,1-2H3,(H2,23,29)(H,24,26,27). The SMILES string of the molecule is Cc1cc(C)cc(Nc2nccc(-c3nc(C(N)=O)c(NC4CCCCC4)s3)n2)c1. The van der Waals surface area contributed by atoms with Crippen LogP contribution in [-0.2, 0) is 0 Å². The third-order valence-electron chi connectivity index (χ3n) is 5.15. The Bertz CT molecular complexity index is 1040. The molecule has 1 aromatic carbocycles. The molecular formula is C22H26N6OS. The number of carbonyl (C=O) groups is 1. The molecule has 1 aliphatic rings. The molecule has 4 N–H and O–H groups in total. The minimum absolute atomic E-state index is 0.281. The summed E-state index contributed by atoms with van der Waals surface area (Å²) in [7, 11) is 0. The second-order valence-electron chi connectivity index (χ2n) is 7.81. The summed E-state index contributed by atoms with van der Waals surface area (Å²) in [5, 5.41) is 8.11. The fraction of sp³-hybridized carbons (Fsp3) is 0.364. The maximum Gasteiger partial charge on any atom is 0.270 e. The van der Waals surface area contributed by atoms with E-state index in [2.05, 4.69) is 45.5 Å². The van der Waals surface area contributed by atoms with Crippen molar-refractivity contribution in [1.29, 1.82) is 0 Å². The number of carbonyl (C=O) groups excluding carboxylic acids is 1.